The molecule has 0 saturated heterocycles. The molecule has 1 amide bonds. The lowest BCUT2D eigenvalue weighted by atomic mass is 10.1. The van der Waals surface area contributed by atoms with Crippen molar-refractivity contribution in [3.05, 3.63) is 53.8 Å². The van der Waals surface area contributed by atoms with E-state index in [9.17, 15) is 17.6 Å². The van der Waals surface area contributed by atoms with E-state index < -0.39 is 21.9 Å². The molecule has 2 N–H and O–H groups in total. The van der Waals surface area contributed by atoms with Crippen molar-refractivity contribution >= 4 is 21.6 Å². The zero-order valence-electron chi connectivity index (χ0n) is 14.0. The fourth-order valence-corrected chi connectivity index (χ4v) is 3.52. The smallest absolute Gasteiger partial charge is 0.241 e. The van der Waals surface area contributed by atoms with Crippen molar-refractivity contribution in [2.75, 3.05) is 12.4 Å². The Bertz CT molecular complexity index is 884. The summed E-state index contributed by atoms with van der Waals surface area (Å²) in [5.74, 6) is -1.01. The van der Waals surface area contributed by atoms with Crippen LogP contribution in [0, 0.1) is 5.82 Å². The molecule has 134 valence electrons. The molecule has 1 atom stereocenters. The topological polar surface area (TPSA) is 84.5 Å². The largest absolute Gasteiger partial charge is 0.494 e. The van der Waals surface area contributed by atoms with Gasteiger partial charge in [0.1, 0.15) is 0 Å². The average molecular weight is 366 g/mol. The third-order valence-corrected chi connectivity index (χ3v) is 5.01. The van der Waals surface area contributed by atoms with Crippen LogP contribution in [0.3, 0.4) is 0 Å². The predicted molar refractivity (Wildman–Crippen MR) is 92.4 cm³/mol. The van der Waals surface area contributed by atoms with E-state index >= 15 is 0 Å². The molecule has 25 heavy (non-hydrogen) atoms. The van der Waals surface area contributed by atoms with Crippen LogP contribution in [0.1, 0.15) is 25.5 Å². The highest BCUT2D eigenvalue weighted by molar-refractivity contribution is 7.89. The monoisotopic (exact) mass is 366 g/mol. The number of halogens is 1. The van der Waals surface area contributed by atoms with Crippen molar-refractivity contribution in [3.8, 4) is 5.75 Å². The molecule has 0 aromatic heterocycles. The number of anilines is 1. The van der Waals surface area contributed by atoms with Gasteiger partial charge in [0, 0.05) is 18.7 Å². The summed E-state index contributed by atoms with van der Waals surface area (Å²) >= 11 is 0. The third-order valence-electron chi connectivity index (χ3n) is 3.47. The highest BCUT2D eigenvalue weighted by Crippen LogP contribution is 2.23. The Morgan fingerprint density at radius 2 is 1.92 bits per heavy atom. The number of carbonyl (C=O) groups excluding carboxylic acids is 1. The second kappa shape index (κ2) is 7.62. The molecular formula is C17H19FN2O4S. The highest BCUT2D eigenvalue weighted by atomic mass is 32.2. The van der Waals surface area contributed by atoms with Crippen molar-refractivity contribution in [1.29, 1.82) is 0 Å². The minimum atomic E-state index is -3.92. The molecule has 0 aliphatic carbocycles. The van der Waals surface area contributed by atoms with Gasteiger partial charge in [-0.25, -0.2) is 17.5 Å². The Kier molecular flexibility index (Phi) is 5.76. The number of nitrogens with one attached hydrogen (secondary N) is 2. The van der Waals surface area contributed by atoms with Crippen LogP contribution in [0.15, 0.2) is 47.4 Å². The summed E-state index contributed by atoms with van der Waals surface area (Å²) < 4.78 is 45.9. The van der Waals surface area contributed by atoms with Crippen LogP contribution in [0.4, 0.5) is 10.1 Å². The van der Waals surface area contributed by atoms with Gasteiger partial charge in [0.15, 0.2) is 11.6 Å². The van der Waals surface area contributed by atoms with Crippen LogP contribution < -0.4 is 14.8 Å². The molecule has 0 aliphatic rings. The summed E-state index contributed by atoms with van der Waals surface area (Å²) in [6, 6.07) is 9.65. The zero-order chi connectivity index (χ0) is 18.6. The number of sulfonamides is 1. The van der Waals surface area contributed by atoms with E-state index in [1.807, 2.05) is 0 Å². The van der Waals surface area contributed by atoms with Crippen molar-refractivity contribution in [1.82, 2.24) is 4.72 Å². The van der Waals surface area contributed by atoms with Gasteiger partial charge in [-0.05, 0) is 42.8 Å². The molecule has 0 heterocycles. The van der Waals surface area contributed by atoms with E-state index in [1.54, 1.807) is 31.2 Å². The number of benzene rings is 2. The number of rotatable bonds is 6. The van der Waals surface area contributed by atoms with Crippen LogP contribution in [0.5, 0.6) is 5.75 Å². The minimum absolute atomic E-state index is 0.0324. The van der Waals surface area contributed by atoms with Gasteiger partial charge in [-0.1, -0.05) is 12.1 Å². The standard InChI is InChI=1S/C17H19FN2O4S/c1-11(13-5-4-6-14(9-13)19-12(2)21)20-25(22,23)15-7-8-17(24-3)16(18)10-15/h4-11,20H,1-3H3,(H,19,21). The molecule has 8 heteroatoms. The van der Waals surface area contributed by atoms with E-state index in [1.165, 1.54) is 26.2 Å². The molecule has 2 aromatic rings. The van der Waals surface area contributed by atoms with Gasteiger partial charge in [-0.3, -0.25) is 4.79 Å². The van der Waals surface area contributed by atoms with Gasteiger partial charge in [-0.2, -0.15) is 0 Å². The first-order chi connectivity index (χ1) is 11.7. The van der Waals surface area contributed by atoms with Gasteiger partial charge >= 0.3 is 0 Å². The Labute approximate surface area is 146 Å². The number of amides is 1. The lowest BCUT2D eigenvalue weighted by molar-refractivity contribution is -0.114. The summed E-state index contributed by atoms with van der Waals surface area (Å²) in [5.41, 5.74) is 1.22. The maximum atomic E-state index is 13.8. The van der Waals surface area contributed by atoms with Crippen LogP contribution in [0.25, 0.3) is 0 Å². The maximum Gasteiger partial charge on any atom is 0.241 e. The summed E-state index contributed by atoms with van der Waals surface area (Å²) in [7, 11) is -2.62. The molecular weight excluding hydrogens is 347 g/mol. The fourth-order valence-electron chi connectivity index (χ4n) is 2.27. The van der Waals surface area contributed by atoms with Crippen molar-refractivity contribution in [2.45, 2.75) is 24.8 Å². The number of carbonyl (C=O) groups is 1. The molecule has 2 rings (SSSR count). The fraction of sp³-hybridized carbons (Fsp3) is 0.235. The first kappa shape index (κ1) is 18.9. The first-order valence-electron chi connectivity index (χ1n) is 7.46. The molecule has 0 bridgehead atoms. The molecule has 6 nitrogen and oxygen atoms in total. The van der Waals surface area contributed by atoms with Crippen LogP contribution in [0.2, 0.25) is 0 Å². The Morgan fingerprint density at radius 3 is 2.52 bits per heavy atom. The van der Waals surface area contributed by atoms with Gasteiger partial charge in [0.2, 0.25) is 15.9 Å². The van der Waals surface area contributed by atoms with E-state index in [4.69, 9.17) is 4.74 Å². The Morgan fingerprint density at radius 1 is 1.20 bits per heavy atom. The van der Waals surface area contributed by atoms with E-state index in [0.29, 0.717) is 11.3 Å². The first-order valence-corrected chi connectivity index (χ1v) is 8.94. The van der Waals surface area contributed by atoms with Crippen molar-refractivity contribution in [2.24, 2.45) is 0 Å². The maximum absolute atomic E-state index is 13.8. The summed E-state index contributed by atoms with van der Waals surface area (Å²) in [5, 5.41) is 2.64. The van der Waals surface area contributed by atoms with Crippen molar-refractivity contribution < 1.29 is 22.3 Å². The summed E-state index contributed by atoms with van der Waals surface area (Å²) in [4.78, 5) is 10.9. The third kappa shape index (κ3) is 4.77. The second-order valence-electron chi connectivity index (χ2n) is 5.45. The molecule has 0 fully saturated rings. The van der Waals surface area contributed by atoms with Gasteiger partial charge in [0.25, 0.3) is 0 Å². The lowest BCUT2D eigenvalue weighted by Gasteiger charge is -2.16. The molecule has 2 aromatic carbocycles. The normalized spacial score (nSPS) is 12.5. The average Bonchev–Trinajstić information content (AvgIpc) is 2.54. The Hall–Kier alpha value is -2.45. The molecule has 0 radical (unpaired) electrons. The molecule has 1 unspecified atom stereocenters. The Balaban J connectivity index is 2.22. The van der Waals surface area contributed by atoms with Gasteiger partial charge in [-0.15, -0.1) is 0 Å². The second-order valence-corrected chi connectivity index (χ2v) is 7.16. The summed E-state index contributed by atoms with van der Waals surface area (Å²) in [6.45, 7) is 3.04. The van der Waals surface area contributed by atoms with Gasteiger partial charge in [0.05, 0.1) is 12.0 Å². The van der Waals surface area contributed by atoms with Gasteiger partial charge < -0.3 is 10.1 Å². The van der Waals surface area contributed by atoms with Crippen LogP contribution in [-0.4, -0.2) is 21.4 Å². The zero-order valence-corrected chi connectivity index (χ0v) is 14.9. The highest BCUT2D eigenvalue weighted by Gasteiger charge is 2.20. The predicted octanol–water partition coefficient (Wildman–Crippen LogP) is 2.83. The van der Waals surface area contributed by atoms with E-state index in [0.717, 1.165) is 6.07 Å². The molecule has 0 aliphatic heterocycles. The summed E-state index contributed by atoms with van der Waals surface area (Å²) in [6.07, 6.45) is 0. The van der Waals surface area contributed by atoms with Crippen LogP contribution in [-0.2, 0) is 14.8 Å². The molecule has 0 saturated carbocycles. The lowest BCUT2D eigenvalue weighted by Crippen LogP contribution is -2.27. The van der Waals surface area contributed by atoms with E-state index in [2.05, 4.69) is 10.0 Å². The number of hydrogen-bond donors (Lipinski definition) is 2. The number of hydrogen-bond acceptors (Lipinski definition) is 4. The van der Waals surface area contributed by atoms with Crippen molar-refractivity contribution in [3.63, 3.8) is 0 Å². The minimum Gasteiger partial charge on any atom is -0.494 e. The quantitative estimate of drug-likeness (QED) is 0.823. The van der Waals surface area contributed by atoms with Crippen LogP contribution >= 0.6 is 0 Å². The number of methoxy groups -OCH3 is 1. The number of ether oxygens (including phenoxy) is 1. The SMILES string of the molecule is COc1ccc(S(=O)(=O)NC(C)c2cccc(NC(C)=O)c2)cc1F. The molecule has 0 spiro atoms. The van der Waals surface area contributed by atoms with E-state index in [-0.39, 0.29) is 16.6 Å².